The lowest BCUT2D eigenvalue weighted by Gasteiger charge is -2.27. The quantitative estimate of drug-likeness (QED) is 0.262. The van der Waals surface area contributed by atoms with E-state index in [0.717, 1.165) is 23.3 Å². The molecule has 11 heteroatoms. The highest BCUT2D eigenvalue weighted by molar-refractivity contribution is 7.92. The molecule has 0 saturated carbocycles. The van der Waals surface area contributed by atoms with Gasteiger partial charge >= 0.3 is 0 Å². The van der Waals surface area contributed by atoms with Crippen molar-refractivity contribution in [1.82, 2.24) is 10.3 Å². The van der Waals surface area contributed by atoms with Gasteiger partial charge in [0, 0.05) is 17.4 Å². The molecule has 3 heterocycles. The van der Waals surface area contributed by atoms with Gasteiger partial charge in [-0.15, -0.1) is 0 Å². The number of methoxy groups -OCH3 is 1. The van der Waals surface area contributed by atoms with Crippen LogP contribution in [0.1, 0.15) is 30.5 Å². The Bertz CT molecular complexity index is 1570. The van der Waals surface area contributed by atoms with Gasteiger partial charge in [-0.3, -0.25) is 9.71 Å². The monoisotopic (exact) mass is 564 g/mol. The molecule has 1 aliphatic rings. The van der Waals surface area contributed by atoms with Crippen LogP contribution in [-0.4, -0.2) is 38.5 Å². The number of nitrogens with zero attached hydrogens (tertiary/aromatic N) is 2. The number of ether oxygens (including phenoxy) is 2. The van der Waals surface area contributed by atoms with Crippen LogP contribution >= 0.6 is 12.2 Å². The van der Waals surface area contributed by atoms with Crippen molar-refractivity contribution >= 4 is 38.7 Å². The SMILES string of the molecule is CCOc1ccc(-c2ccc([C@H]3[C@@H](c4ccccn4)NC(=S)N3c3ccc(OC)c(NS(C)(=O)=O)c3)o2)cc1. The van der Waals surface area contributed by atoms with E-state index in [1.165, 1.54) is 7.11 Å². The van der Waals surface area contributed by atoms with Crippen molar-refractivity contribution in [3.8, 4) is 22.8 Å². The van der Waals surface area contributed by atoms with Crippen molar-refractivity contribution in [1.29, 1.82) is 0 Å². The van der Waals surface area contributed by atoms with Gasteiger partial charge in [-0.05, 0) is 85.9 Å². The fourth-order valence-corrected chi connectivity index (χ4v) is 5.50. The van der Waals surface area contributed by atoms with Gasteiger partial charge in [0.1, 0.15) is 29.1 Å². The molecule has 5 rings (SSSR count). The Morgan fingerprint density at radius 1 is 1.10 bits per heavy atom. The van der Waals surface area contributed by atoms with Gasteiger partial charge in [-0.1, -0.05) is 6.07 Å². The molecule has 0 spiro atoms. The van der Waals surface area contributed by atoms with E-state index in [1.807, 2.05) is 72.5 Å². The van der Waals surface area contributed by atoms with Crippen LogP contribution in [0.15, 0.2) is 83.4 Å². The van der Waals surface area contributed by atoms with Crippen LogP contribution in [0.5, 0.6) is 11.5 Å². The molecule has 39 heavy (non-hydrogen) atoms. The van der Waals surface area contributed by atoms with Gasteiger partial charge in [0.15, 0.2) is 5.11 Å². The minimum Gasteiger partial charge on any atom is -0.495 e. The van der Waals surface area contributed by atoms with E-state index in [1.54, 1.807) is 18.3 Å². The lowest BCUT2D eigenvalue weighted by Crippen LogP contribution is -2.29. The zero-order valence-corrected chi connectivity index (χ0v) is 23.3. The first-order valence-corrected chi connectivity index (χ1v) is 14.6. The predicted molar refractivity (Wildman–Crippen MR) is 155 cm³/mol. The molecule has 0 radical (unpaired) electrons. The zero-order chi connectivity index (χ0) is 27.6. The topological polar surface area (TPSA) is 106 Å². The molecule has 1 saturated heterocycles. The van der Waals surface area contributed by atoms with E-state index in [2.05, 4.69) is 15.0 Å². The van der Waals surface area contributed by atoms with Crippen LogP contribution in [0.3, 0.4) is 0 Å². The molecule has 1 aliphatic heterocycles. The number of sulfonamides is 1. The second-order valence-corrected chi connectivity index (χ2v) is 11.0. The van der Waals surface area contributed by atoms with Gasteiger partial charge in [-0.2, -0.15) is 0 Å². The maximum Gasteiger partial charge on any atom is 0.229 e. The minimum absolute atomic E-state index is 0.301. The molecular weight excluding hydrogens is 536 g/mol. The molecule has 202 valence electrons. The van der Waals surface area contributed by atoms with E-state index >= 15 is 0 Å². The van der Waals surface area contributed by atoms with Crippen molar-refractivity contribution in [3.05, 3.63) is 90.4 Å². The van der Waals surface area contributed by atoms with Crippen LogP contribution in [-0.2, 0) is 10.0 Å². The molecule has 1 fully saturated rings. The molecule has 2 atom stereocenters. The highest BCUT2D eigenvalue weighted by Crippen LogP contribution is 2.44. The number of furan rings is 1. The largest absolute Gasteiger partial charge is 0.495 e. The molecule has 2 aromatic carbocycles. The van der Waals surface area contributed by atoms with Crippen LogP contribution < -0.4 is 24.4 Å². The summed E-state index contributed by atoms with van der Waals surface area (Å²) in [6.45, 7) is 2.54. The third kappa shape index (κ3) is 5.69. The zero-order valence-electron chi connectivity index (χ0n) is 21.6. The van der Waals surface area contributed by atoms with Crippen LogP contribution in [0, 0.1) is 0 Å². The van der Waals surface area contributed by atoms with Gasteiger partial charge in [0.2, 0.25) is 10.0 Å². The van der Waals surface area contributed by atoms with E-state index in [0.29, 0.717) is 40.4 Å². The minimum atomic E-state index is -3.55. The van der Waals surface area contributed by atoms with E-state index in [-0.39, 0.29) is 6.04 Å². The summed E-state index contributed by atoms with van der Waals surface area (Å²) in [4.78, 5) is 6.47. The third-order valence-electron chi connectivity index (χ3n) is 6.22. The molecule has 0 amide bonds. The van der Waals surface area contributed by atoms with Gasteiger partial charge < -0.3 is 24.1 Å². The first-order chi connectivity index (χ1) is 18.8. The van der Waals surface area contributed by atoms with Crippen LogP contribution in [0.25, 0.3) is 11.3 Å². The van der Waals surface area contributed by atoms with Crippen LogP contribution in [0.2, 0.25) is 0 Å². The highest BCUT2D eigenvalue weighted by atomic mass is 32.2. The standard InChI is InChI=1S/C28H28N4O5S2/c1-4-36-20-11-8-18(9-12-20)23-14-15-25(37-23)27-26(21-7-5-6-16-29-21)30-28(38)32(27)19-10-13-24(35-2)22(17-19)31-39(3,33)34/h5-17,26-27,31H,4H2,1-3H3,(H,30,38)/t26-,27+/m1/s1. The number of hydrogen-bond donors (Lipinski definition) is 2. The first kappa shape index (κ1) is 26.5. The first-order valence-electron chi connectivity index (χ1n) is 12.3. The summed E-state index contributed by atoms with van der Waals surface area (Å²) in [6, 6.07) is 21.7. The fraction of sp³-hybridized carbons (Fsp3) is 0.214. The summed E-state index contributed by atoms with van der Waals surface area (Å²) in [5.41, 5.74) is 2.65. The number of nitrogens with one attached hydrogen (secondary N) is 2. The second kappa shape index (κ2) is 11.0. The van der Waals surface area contributed by atoms with E-state index < -0.39 is 16.1 Å². The molecule has 2 aromatic heterocycles. The third-order valence-corrected chi connectivity index (χ3v) is 7.13. The van der Waals surface area contributed by atoms with Crippen molar-refractivity contribution in [2.75, 3.05) is 29.6 Å². The molecule has 4 aromatic rings. The maximum atomic E-state index is 12.0. The lowest BCUT2D eigenvalue weighted by atomic mass is 10.0. The Balaban J connectivity index is 1.57. The van der Waals surface area contributed by atoms with Gasteiger partial charge in [-0.25, -0.2) is 8.42 Å². The number of pyridine rings is 1. The Kier molecular flexibility index (Phi) is 7.45. The summed E-state index contributed by atoms with van der Waals surface area (Å²) < 4.78 is 44.0. The molecule has 2 N–H and O–H groups in total. The summed E-state index contributed by atoms with van der Waals surface area (Å²) in [6.07, 6.45) is 2.82. The molecular formula is C28H28N4O5S2. The fourth-order valence-electron chi connectivity index (χ4n) is 4.60. The average Bonchev–Trinajstić information content (AvgIpc) is 3.53. The Morgan fingerprint density at radius 2 is 1.90 bits per heavy atom. The van der Waals surface area contributed by atoms with Gasteiger partial charge in [0.05, 0.1) is 37.4 Å². The predicted octanol–water partition coefficient (Wildman–Crippen LogP) is 5.30. The summed E-state index contributed by atoms with van der Waals surface area (Å²) in [5.74, 6) is 2.53. The second-order valence-electron chi connectivity index (χ2n) is 8.91. The summed E-state index contributed by atoms with van der Waals surface area (Å²) in [5, 5.41) is 3.83. The van der Waals surface area contributed by atoms with Crippen molar-refractivity contribution < 1.29 is 22.3 Å². The Labute approximate surface area is 232 Å². The highest BCUT2D eigenvalue weighted by Gasteiger charge is 2.42. The lowest BCUT2D eigenvalue weighted by molar-refractivity contribution is 0.340. The number of benzene rings is 2. The number of aromatic nitrogens is 1. The van der Waals surface area contributed by atoms with Crippen molar-refractivity contribution in [2.45, 2.75) is 19.0 Å². The molecule has 0 bridgehead atoms. The normalized spacial score (nSPS) is 17.1. The molecule has 0 aliphatic carbocycles. The van der Waals surface area contributed by atoms with Gasteiger partial charge in [0.25, 0.3) is 0 Å². The molecule has 9 nitrogen and oxygen atoms in total. The summed E-state index contributed by atoms with van der Waals surface area (Å²) in [7, 11) is -2.07. The number of anilines is 2. The Morgan fingerprint density at radius 3 is 2.56 bits per heavy atom. The van der Waals surface area contributed by atoms with E-state index in [4.69, 9.17) is 26.1 Å². The van der Waals surface area contributed by atoms with E-state index in [9.17, 15) is 8.42 Å². The Hall–Kier alpha value is -4.09. The average molecular weight is 565 g/mol. The van der Waals surface area contributed by atoms with Crippen LogP contribution in [0.4, 0.5) is 11.4 Å². The maximum absolute atomic E-state index is 12.0. The number of thiocarbonyl (C=S) groups is 1. The number of hydrogen-bond acceptors (Lipinski definition) is 7. The molecule has 0 unspecified atom stereocenters. The van der Waals surface area contributed by atoms with Crippen molar-refractivity contribution in [2.24, 2.45) is 0 Å². The smallest absolute Gasteiger partial charge is 0.229 e. The van der Waals surface area contributed by atoms with Crippen molar-refractivity contribution in [3.63, 3.8) is 0 Å². The number of rotatable bonds is 9. The summed E-state index contributed by atoms with van der Waals surface area (Å²) >= 11 is 5.79.